The number of nitrogens with zero attached hydrogens (tertiary/aromatic N) is 4. The van der Waals surface area contributed by atoms with Gasteiger partial charge in [0.15, 0.2) is 0 Å². The third-order valence-electron chi connectivity index (χ3n) is 2.69. The minimum absolute atomic E-state index is 0.169. The molecular formula is C13H15N5O. The minimum Gasteiger partial charge on any atom is -0.364 e. The number of hydrogen-bond donors (Lipinski definition) is 1. The van der Waals surface area contributed by atoms with Crippen molar-refractivity contribution in [2.75, 3.05) is 18.5 Å². The molecule has 6 heteroatoms. The van der Waals surface area contributed by atoms with Gasteiger partial charge in [0.1, 0.15) is 11.5 Å². The Hall–Kier alpha value is -2.50. The van der Waals surface area contributed by atoms with Gasteiger partial charge >= 0.3 is 0 Å². The summed E-state index contributed by atoms with van der Waals surface area (Å²) in [5, 5.41) is 0. The predicted octanol–water partition coefficient (Wildman–Crippen LogP) is 0.649. The van der Waals surface area contributed by atoms with E-state index in [0.29, 0.717) is 5.82 Å². The van der Waals surface area contributed by atoms with Gasteiger partial charge in [-0.2, -0.15) is 0 Å². The summed E-state index contributed by atoms with van der Waals surface area (Å²) in [6.07, 6.45) is 5.52. The second-order valence-corrected chi connectivity index (χ2v) is 4.12. The molecular weight excluding hydrogens is 242 g/mol. The third-order valence-corrected chi connectivity index (χ3v) is 2.69. The number of anilines is 1. The van der Waals surface area contributed by atoms with Crippen LogP contribution in [0.3, 0.4) is 0 Å². The first-order valence-corrected chi connectivity index (χ1v) is 5.89. The fraction of sp³-hybridized carbons (Fsp3) is 0.231. The van der Waals surface area contributed by atoms with Gasteiger partial charge in [0.2, 0.25) is 0 Å². The zero-order chi connectivity index (χ0) is 13.7. The molecule has 0 fully saturated rings. The molecule has 0 unspecified atom stereocenters. The number of primary amides is 1. The molecule has 0 aliphatic heterocycles. The Kier molecular flexibility index (Phi) is 4.02. The van der Waals surface area contributed by atoms with Crippen LogP contribution in [0.4, 0.5) is 5.82 Å². The van der Waals surface area contributed by atoms with Crippen LogP contribution in [0.5, 0.6) is 0 Å². The number of carbonyl (C=O) groups is 1. The molecule has 19 heavy (non-hydrogen) atoms. The Bertz CT molecular complexity index is 558. The zero-order valence-electron chi connectivity index (χ0n) is 10.7. The molecule has 2 rings (SSSR count). The molecule has 0 saturated carbocycles. The van der Waals surface area contributed by atoms with Crippen molar-refractivity contribution in [3.05, 3.63) is 48.2 Å². The maximum atomic E-state index is 11.0. The van der Waals surface area contributed by atoms with Crippen LogP contribution in [-0.4, -0.2) is 34.5 Å². The number of aromatic nitrogens is 3. The van der Waals surface area contributed by atoms with Gasteiger partial charge in [-0.15, -0.1) is 0 Å². The van der Waals surface area contributed by atoms with Crippen LogP contribution in [0.15, 0.2) is 36.8 Å². The van der Waals surface area contributed by atoms with Crippen molar-refractivity contribution >= 4 is 11.7 Å². The number of rotatable bonds is 5. The van der Waals surface area contributed by atoms with Gasteiger partial charge in [0, 0.05) is 31.9 Å². The maximum absolute atomic E-state index is 11.0. The van der Waals surface area contributed by atoms with E-state index in [0.717, 1.165) is 18.7 Å². The molecule has 0 atom stereocenters. The highest BCUT2D eigenvalue weighted by atomic mass is 16.1. The van der Waals surface area contributed by atoms with Crippen molar-refractivity contribution in [3.8, 4) is 0 Å². The Morgan fingerprint density at radius 1 is 1.37 bits per heavy atom. The number of pyridine rings is 1. The quantitative estimate of drug-likeness (QED) is 0.850. The molecule has 0 aliphatic carbocycles. The average Bonchev–Trinajstić information content (AvgIpc) is 2.46. The molecule has 0 radical (unpaired) electrons. The van der Waals surface area contributed by atoms with Gasteiger partial charge in [-0.3, -0.25) is 14.8 Å². The van der Waals surface area contributed by atoms with Crippen molar-refractivity contribution in [3.63, 3.8) is 0 Å². The van der Waals surface area contributed by atoms with Crippen LogP contribution < -0.4 is 10.6 Å². The molecule has 2 aromatic heterocycles. The van der Waals surface area contributed by atoms with Crippen LogP contribution in [0, 0.1) is 0 Å². The monoisotopic (exact) mass is 257 g/mol. The number of likely N-dealkylation sites (N-methyl/N-ethyl adjacent to an activating group) is 1. The lowest BCUT2D eigenvalue weighted by atomic mass is 10.2. The van der Waals surface area contributed by atoms with E-state index in [2.05, 4.69) is 15.0 Å². The van der Waals surface area contributed by atoms with Gasteiger partial charge in [-0.25, -0.2) is 4.98 Å². The van der Waals surface area contributed by atoms with Crippen LogP contribution in [0.1, 0.15) is 16.2 Å². The summed E-state index contributed by atoms with van der Waals surface area (Å²) in [4.78, 5) is 25.3. The Balaban J connectivity index is 2.02. The number of carbonyl (C=O) groups excluding carboxylic acids is 1. The van der Waals surface area contributed by atoms with E-state index >= 15 is 0 Å². The van der Waals surface area contributed by atoms with Gasteiger partial charge in [-0.05, 0) is 12.1 Å². The summed E-state index contributed by atoms with van der Waals surface area (Å²) in [5.41, 5.74) is 6.35. The van der Waals surface area contributed by atoms with Crippen LogP contribution in [-0.2, 0) is 6.42 Å². The van der Waals surface area contributed by atoms with Crippen LogP contribution >= 0.6 is 0 Å². The van der Waals surface area contributed by atoms with E-state index in [-0.39, 0.29) is 5.69 Å². The molecule has 0 bridgehead atoms. The average molecular weight is 257 g/mol. The number of hydrogen-bond acceptors (Lipinski definition) is 5. The molecule has 0 spiro atoms. The van der Waals surface area contributed by atoms with Crippen molar-refractivity contribution < 1.29 is 4.79 Å². The summed E-state index contributed by atoms with van der Waals surface area (Å²) < 4.78 is 0. The van der Waals surface area contributed by atoms with Gasteiger partial charge in [0.05, 0.1) is 12.4 Å². The van der Waals surface area contributed by atoms with E-state index in [1.165, 1.54) is 6.20 Å². The SMILES string of the molecule is CN(CCc1ccccn1)c1cncc(C(N)=O)n1. The molecule has 2 heterocycles. The molecule has 0 aromatic carbocycles. The van der Waals surface area contributed by atoms with Crippen LogP contribution in [0.25, 0.3) is 0 Å². The Morgan fingerprint density at radius 2 is 2.21 bits per heavy atom. The number of nitrogens with two attached hydrogens (primary N) is 1. The van der Waals surface area contributed by atoms with Crippen LogP contribution in [0.2, 0.25) is 0 Å². The first-order valence-electron chi connectivity index (χ1n) is 5.89. The molecule has 2 N–H and O–H groups in total. The Morgan fingerprint density at radius 3 is 2.89 bits per heavy atom. The fourth-order valence-electron chi connectivity index (χ4n) is 1.60. The first kappa shape index (κ1) is 12.9. The summed E-state index contributed by atoms with van der Waals surface area (Å²) in [5.74, 6) is 0.0414. The highest BCUT2D eigenvalue weighted by Crippen LogP contribution is 2.08. The third kappa shape index (κ3) is 3.48. The van der Waals surface area contributed by atoms with Crippen molar-refractivity contribution in [2.24, 2.45) is 5.73 Å². The topological polar surface area (TPSA) is 85.0 Å². The highest BCUT2D eigenvalue weighted by molar-refractivity contribution is 5.90. The van der Waals surface area contributed by atoms with E-state index < -0.39 is 5.91 Å². The minimum atomic E-state index is -0.576. The number of amides is 1. The van der Waals surface area contributed by atoms with Crippen molar-refractivity contribution in [1.82, 2.24) is 15.0 Å². The largest absolute Gasteiger partial charge is 0.364 e. The van der Waals surface area contributed by atoms with E-state index in [4.69, 9.17) is 5.73 Å². The molecule has 6 nitrogen and oxygen atoms in total. The first-order chi connectivity index (χ1) is 9.16. The summed E-state index contributed by atoms with van der Waals surface area (Å²) in [7, 11) is 1.89. The smallest absolute Gasteiger partial charge is 0.268 e. The molecule has 0 aliphatic rings. The normalized spacial score (nSPS) is 10.2. The molecule has 0 saturated heterocycles. The summed E-state index contributed by atoms with van der Waals surface area (Å²) >= 11 is 0. The lowest BCUT2D eigenvalue weighted by Crippen LogP contribution is -2.23. The standard InChI is InChI=1S/C13H15N5O/c1-18(7-5-10-4-2-3-6-16-10)12-9-15-8-11(17-12)13(14)19/h2-4,6,8-9H,5,7H2,1H3,(H2,14,19). The highest BCUT2D eigenvalue weighted by Gasteiger charge is 2.08. The fourth-order valence-corrected chi connectivity index (χ4v) is 1.60. The lowest BCUT2D eigenvalue weighted by Gasteiger charge is -2.17. The molecule has 1 amide bonds. The summed E-state index contributed by atoms with van der Waals surface area (Å²) in [6.45, 7) is 0.730. The van der Waals surface area contributed by atoms with Gasteiger partial charge in [-0.1, -0.05) is 6.07 Å². The summed E-state index contributed by atoms with van der Waals surface area (Å²) in [6, 6.07) is 5.81. The lowest BCUT2D eigenvalue weighted by molar-refractivity contribution is 0.0995. The molecule has 2 aromatic rings. The zero-order valence-corrected chi connectivity index (χ0v) is 10.7. The maximum Gasteiger partial charge on any atom is 0.268 e. The van der Waals surface area contributed by atoms with E-state index in [1.54, 1.807) is 12.4 Å². The van der Waals surface area contributed by atoms with Gasteiger partial charge < -0.3 is 10.6 Å². The van der Waals surface area contributed by atoms with Crippen molar-refractivity contribution in [1.29, 1.82) is 0 Å². The second-order valence-electron chi connectivity index (χ2n) is 4.12. The Labute approximate surface area is 111 Å². The van der Waals surface area contributed by atoms with E-state index in [1.807, 2.05) is 30.1 Å². The molecule has 98 valence electrons. The second kappa shape index (κ2) is 5.90. The van der Waals surface area contributed by atoms with E-state index in [9.17, 15) is 4.79 Å². The van der Waals surface area contributed by atoms with Gasteiger partial charge in [0.25, 0.3) is 5.91 Å². The van der Waals surface area contributed by atoms with Crippen molar-refractivity contribution in [2.45, 2.75) is 6.42 Å². The predicted molar refractivity (Wildman–Crippen MR) is 71.8 cm³/mol.